The Morgan fingerprint density at radius 3 is 2.88 bits per heavy atom. The van der Waals surface area contributed by atoms with Crippen molar-refractivity contribution in [1.82, 2.24) is 5.32 Å². The lowest BCUT2D eigenvalue weighted by molar-refractivity contribution is -0.125. The van der Waals surface area contributed by atoms with Gasteiger partial charge in [0.25, 0.3) is 0 Å². The van der Waals surface area contributed by atoms with E-state index in [9.17, 15) is 4.79 Å². The van der Waals surface area contributed by atoms with Crippen molar-refractivity contribution in [3.8, 4) is 6.07 Å². The zero-order valence-electron chi connectivity index (χ0n) is 15.4. The summed E-state index contributed by atoms with van der Waals surface area (Å²) < 4.78 is 10.8. The van der Waals surface area contributed by atoms with Crippen molar-refractivity contribution < 1.29 is 14.3 Å². The van der Waals surface area contributed by atoms with Gasteiger partial charge in [0.05, 0.1) is 17.7 Å². The molecule has 0 radical (unpaired) electrons. The highest BCUT2D eigenvalue weighted by atomic mass is 16.5. The highest BCUT2D eigenvalue weighted by Crippen LogP contribution is 2.40. The molecule has 2 atom stereocenters. The Morgan fingerprint density at radius 2 is 2.24 bits per heavy atom. The van der Waals surface area contributed by atoms with Crippen molar-refractivity contribution in [2.75, 3.05) is 32.2 Å². The largest absolute Gasteiger partial charge is 0.381 e. The van der Waals surface area contributed by atoms with Gasteiger partial charge >= 0.3 is 0 Å². The minimum atomic E-state index is -0.176. The first-order valence-corrected chi connectivity index (χ1v) is 8.59. The van der Waals surface area contributed by atoms with Gasteiger partial charge in [-0.2, -0.15) is 5.26 Å². The van der Waals surface area contributed by atoms with Gasteiger partial charge in [-0.25, -0.2) is 0 Å². The number of nitrogens with one attached hydrogen (secondary N) is 2. The summed E-state index contributed by atoms with van der Waals surface area (Å²) in [6.07, 6.45) is 0.719. The van der Waals surface area contributed by atoms with Crippen molar-refractivity contribution >= 4 is 11.6 Å². The van der Waals surface area contributed by atoms with Crippen LogP contribution in [0.25, 0.3) is 0 Å². The van der Waals surface area contributed by atoms with Crippen molar-refractivity contribution in [2.24, 2.45) is 5.41 Å². The molecule has 136 valence electrons. The second-order valence-corrected chi connectivity index (χ2v) is 6.99. The normalized spacial score (nSPS) is 19.5. The van der Waals surface area contributed by atoms with Crippen LogP contribution in [0.3, 0.4) is 0 Å². The van der Waals surface area contributed by atoms with E-state index in [0.717, 1.165) is 17.7 Å². The molecule has 0 aliphatic carbocycles. The Morgan fingerprint density at radius 1 is 1.48 bits per heavy atom. The van der Waals surface area contributed by atoms with E-state index in [1.165, 1.54) is 7.11 Å². The lowest BCUT2D eigenvalue weighted by Gasteiger charge is -2.42. The monoisotopic (exact) mass is 345 g/mol. The van der Waals surface area contributed by atoms with Crippen molar-refractivity contribution in [3.05, 3.63) is 29.3 Å². The van der Waals surface area contributed by atoms with Gasteiger partial charge in [0.15, 0.2) is 0 Å². The number of hydrogen-bond acceptors (Lipinski definition) is 5. The fraction of sp³-hybridized carbons (Fsp3) is 0.579. The van der Waals surface area contributed by atoms with Crippen LogP contribution in [0, 0.1) is 16.7 Å². The van der Waals surface area contributed by atoms with Crippen LogP contribution in [-0.2, 0) is 14.3 Å². The van der Waals surface area contributed by atoms with Gasteiger partial charge in [0.1, 0.15) is 6.61 Å². The number of amides is 1. The maximum absolute atomic E-state index is 11.7. The molecule has 2 N–H and O–H groups in total. The van der Waals surface area contributed by atoms with Gasteiger partial charge in [0, 0.05) is 43.0 Å². The third kappa shape index (κ3) is 4.71. The highest BCUT2D eigenvalue weighted by molar-refractivity contribution is 5.77. The summed E-state index contributed by atoms with van der Waals surface area (Å²) >= 11 is 0. The minimum absolute atomic E-state index is 0.0616. The Hall–Kier alpha value is -2.10. The summed E-state index contributed by atoms with van der Waals surface area (Å²) in [6, 6.07) is 7.96. The lowest BCUT2D eigenvalue weighted by Crippen LogP contribution is -2.47. The number of carbonyl (C=O) groups is 1. The van der Waals surface area contributed by atoms with Gasteiger partial charge in [0.2, 0.25) is 5.91 Å². The first-order chi connectivity index (χ1) is 11.9. The van der Waals surface area contributed by atoms with E-state index in [1.54, 1.807) is 0 Å². The second kappa shape index (κ2) is 8.32. The number of carbonyl (C=O) groups excluding carboxylic acids is 1. The van der Waals surface area contributed by atoms with Crippen molar-refractivity contribution in [2.45, 2.75) is 39.3 Å². The van der Waals surface area contributed by atoms with E-state index in [2.05, 4.69) is 30.6 Å². The molecule has 1 amide bonds. The number of ether oxygens (including phenoxy) is 2. The van der Waals surface area contributed by atoms with Gasteiger partial charge in [-0.15, -0.1) is 0 Å². The Bertz CT molecular complexity index is 652. The molecule has 1 aromatic rings. The number of anilines is 1. The van der Waals surface area contributed by atoms with Crippen molar-refractivity contribution in [1.29, 1.82) is 5.26 Å². The maximum atomic E-state index is 11.7. The molecule has 0 aromatic heterocycles. The van der Waals surface area contributed by atoms with Crippen LogP contribution in [-0.4, -0.2) is 38.8 Å². The fourth-order valence-electron chi connectivity index (χ4n) is 3.12. The smallest absolute Gasteiger partial charge is 0.246 e. The summed E-state index contributed by atoms with van der Waals surface area (Å²) in [6.45, 7) is 7.43. The zero-order chi connectivity index (χ0) is 18.4. The first-order valence-electron chi connectivity index (χ1n) is 8.59. The molecule has 2 unspecified atom stereocenters. The average Bonchev–Trinajstić information content (AvgIpc) is 2.60. The predicted molar refractivity (Wildman–Crippen MR) is 96.2 cm³/mol. The fourth-order valence-corrected chi connectivity index (χ4v) is 3.12. The molecule has 1 aromatic carbocycles. The number of nitrogens with zero attached hydrogens (tertiary/aromatic N) is 1. The summed E-state index contributed by atoms with van der Waals surface area (Å²) in [5, 5.41) is 15.6. The highest BCUT2D eigenvalue weighted by Gasteiger charge is 2.37. The van der Waals surface area contributed by atoms with Crippen LogP contribution in [0.4, 0.5) is 5.69 Å². The molecule has 0 fully saturated rings. The molecule has 6 heteroatoms. The summed E-state index contributed by atoms with van der Waals surface area (Å²) in [7, 11) is 1.51. The lowest BCUT2D eigenvalue weighted by atomic mass is 9.77. The van der Waals surface area contributed by atoms with Gasteiger partial charge in [-0.1, -0.05) is 13.8 Å². The average molecular weight is 345 g/mol. The quantitative estimate of drug-likeness (QED) is 0.794. The number of nitriles is 1. The molecule has 2 rings (SSSR count). The summed E-state index contributed by atoms with van der Waals surface area (Å²) in [5.41, 5.74) is 2.47. The van der Waals surface area contributed by atoms with Crippen LogP contribution in [0.15, 0.2) is 18.2 Å². The predicted octanol–water partition coefficient (Wildman–Crippen LogP) is 2.61. The molecule has 0 bridgehead atoms. The molecule has 25 heavy (non-hydrogen) atoms. The molecular weight excluding hydrogens is 318 g/mol. The third-order valence-corrected chi connectivity index (χ3v) is 4.63. The molecule has 0 saturated carbocycles. The van der Waals surface area contributed by atoms with Crippen molar-refractivity contribution in [3.63, 3.8) is 0 Å². The molecule has 6 nitrogen and oxygen atoms in total. The van der Waals surface area contributed by atoms with Gasteiger partial charge in [-0.05, 0) is 31.5 Å². The third-order valence-electron chi connectivity index (χ3n) is 4.63. The number of benzene rings is 1. The number of rotatable bonds is 7. The SMILES string of the molecule is CCOC1CC(C(C)(C)CNC(=O)COC)Nc2ccc(C#N)cc21. The summed E-state index contributed by atoms with van der Waals surface area (Å²) in [4.78, 5) is 11.7. The standard InChI is InChI=1S/C19H27N3O3/c1-5-25-16-9-17(19(2,3)12-21-18(23)11-24-4)22-15-7-6-13(10-20)8-14(15)16/h6-8,16-17,22H,5,9,11-12H2,1-4H3,(H,21,23). The summed E-state index contributed by atoms with van der Waals surface area (Å²) in [5.74, 6) is -0.119. The Balaban J connectivity index is 2.17. The maximum Gasteiger partial charge on any atom is 0.246 e. The topological polar surface area (TPSA) is 83.4 Å². The number of fused-ring (bicyclic) bond motifs is 1. The van der Waals surface area contributed by atoms with E-state index >= 15 is 0 Å². The molecular formula is C19H27N3O3. The second-order valence-electron chi connectivity index (χ2n) is 6.99. The number of hydrogen-bond donors (Lipinski definition) is 2. The van der Waals surface area contributed by atoms with Crippen LogP contribution in [0.2, 0.25) is 0 Å². The molecule has 0 saturated heterocycles. The van der Waals surface area contributed by atoms with E-state index in [4.69, 9.17) is 14.7 Å². The minimum Gasteiger partial charge on any atom is -0.381 e. The Kier molecular flexibility index (Phi) is 6.40. The molecule has 1 heterocycles. The molecule has 1 aliphatic heterocycles. The van der Waals surface area contributed by atoms with Crippen LogP contribution >= 0.6 is 0 Å². The van der Waals surface area contributed by atoms with Crippen LogP contribution in [0.1, 0.15) is 44.4 Å². The van der Waals surface area contributed by atoms with Crippen LogP contribution < -0.4 is 10.6 Å². The van der Waals surface area contributed by atoms with Gasteiger partial charge in [-0.3, -0.25) is 4.79 Å². The first kappa shape index (κ1) is 19.2. The molecule has 0 spiro atoms. The van der Waals surface area contributed by atoms with E-state index in [0.29, 0.717) is 18.7 Å². The molecule has 1 aliphatic rings. The van der Waals surface area contributed by atoms with E-state index in [-0.39, 0.29) is 30.1 Å². The number of methoxy groups -OCH3 is 1. The van der Waals surface area contributed by atoms with E-state index in [1.807, 2.05) is 25.1 Å². The Labute approximate surface area is 149 Å². The zero-order valence-corrected chi connectivity index (χ0v) is 15.4. The van der Waals surface area contributed by atoms with Crippen LogP contribution in [0.5, 0.6) is 0 Å². The van der Waals surface area contributed by atoms with E-state index < -0.39 is 0 Å². The van der Waals surface area contributed by atoms with Gasteiger partial charge < -0.3 is 20.1 Å².